The molecule has 2 N–H and O–H groups in total. The number of nitrogens with two attached hydrogens (primary N) is 1. The monoisotopic (exact) mass is 192 g/mol. The maximum atomic E-state index is 13.0. The molecule has 0 aliphatic heterocycles. The third-order valence-electron chi connectivity index (χ3n) is 1.49. The third-order valence-corrected chi connectivity index (χ3v) is 1.49. The fraction of sp³-hybridized carbons (Fsp3) is 0.100. The molecule has 0 aliphatic rings. The molecule has 0 atom stereocenters. The van der Waals surface area contributed by atoms with Gasteiger partial charge in [-0.05, 0) is 12.1 Å². The van der Waals surface area contributed by atoms with Gasteiger partial charge in [-0.1, -0.05) is 11.8 Å². The number of hydrogen-bond acceptors (Lipinski definition) is 2. The molecule has 0 spiro atoms. The molecule has 1 aromatic rings. The van der Waals surface area contributed by atoms with Gasteiger partial charge in [0, 0.05) is 5.56 Å². The minimum absolute atomic E-state index is 0.114. The van der Waals surface area contributed by atoms with Crippen LogP contribution in [0.15, 0.2) is 12.1 Å². The Kier molecular flexibility index (Phi) is 3.17. The third kappa shape index (κ3) is 2.07. The van der Waals surface area contributed by atoms with E-state index in [0.29, 0.717) is 0 Å². The molecule has 0 fully saturated rings. The molecule has 0 radical (unpaired) electrons. The molecular formula is C10H6F2N2. The van der Waals surface area contributed by atoms with Crippen LogP contribution in [0.5, 0.6) is 0 Å². The quantitative estimate of drug-likeness (QED) is 0.627. The van der Waals surface area contributed by atoms with Crippen molar-refractivity contribution in [2.45, 2.75) is 0 Å². The number of hydrogen-bond donors (Lipinski definition) is 1. The van der Waals surface area contributed by atoms with Crippen LogP contribution in [-0.4, -0.2) is 6.54 Å². The first-order chi connectivity index (χ1) is 6.69. The van der Waals surface area contributed by atoms with Crippen molar-refractivity contribution >= 4 is 0 Å². The Balaban J connectivity index is 3.22. The van der Waals surface area contributed by atoms with E-state index < -0.39 is 17.2 Å². The van der Waals surface area contributed by atoms with E-state index in [-0.39, 0.29) is 12.1 Å². The van der Waals surface area contributed by atoms with Crippen molar-refractivity contribution in [2.75, 3.05) is 6.54 Å². The summed E-state index contributed by atoms with van der Waals surface area (Å²) in [5, 5.41) is 8.38. The lowest BCUT2D eigenvalue weighted by Crippen LogP contribution is -1.95. The zero-order chi connectivity index (χ0) is 10.6. The lowest BCUT2D eigenvalue weighted by molar-refractivity contribution is 0.576. The van der Waals surface area contributed by atoms with Gasteiger partial charge < -0.3 is 5.73 Å². The Bertz CT molecular complexity index is 426. The van der Waals surface area contributed by atoms with E-state index in [4.69, 9.17) is 11.0 Å². The van der Waals surface area contributed by atoms with Gasteiger partial charge >= 0.3 is 0 Å². The zero-order valence-electron chi connectivity index (χ0n) is 7.14. The summed E-state index contributed by atoms with van der Waals surface area (Å²) in [6.45, 7) is 0.114. The van der Waals surface area contributed by atoms with Crippen LogP contribution in [0.3, 0.4) is 0 Å². The van der Waals surface area contributed by atoms with E-state index in [0.717, 1.165) is 12.1 Å². The van der Waals surface area contributed by atoms with Crippen LogP contribution in [0.4, 0.5) is 8.78 Å². The van der Waals surface area contributed by atoms with Gasteiger partial charge in [0.1, 0.15) is 23.3 Å². The first-order valence-corrected chi connectivity index (χ1v) is 3.77. The van der Waals surface area contributed by atoms with Crippen LogP contribution >= 0.6 is 0 Å². The van der Waals surface area contributed by atoms with Crippen molar-refractivity contribution in [1.82, 2.24) is 0 Å². The molecule has 0 bridgehead atoms. The number of halogens is 2. The first kappa shape index (κ1) is 10.2. The summed E-state index contributed by atoms with van der Waals surface area (Å²) in [5.41, 5.74) is 4.67. The maximum absolute atomic E-state index is 13.0. The van der Waals surface area contributed by atoms with Gasteiger partial charge in [0.2, 0.25) is 0 Å². The molecule has 1 rings (SSSR count). The molecule has 14 heavy (non-hydrogen) atoms. The number of nitriles is 1. The van der Waals surface area contributed by atoms with Crippen molar-refractivity contribution in [3.63, 3.8) is 0 Å². The smallest absolute Gasteiger partial charge is 0.145 e. The predicted molar refractivity (Wildman–Crippen MR) is 47.0 cm³/mol. The van der Waals surface area contributed by atoms with Gasteiger partial charge in [-0.2, -0.15) is 5.26 Å². The van der Waals surface area contributed by atoms with Gasteiger partial charge in [0.25, 0.3) is 0 Å². The van der Waals surface area contributed by atoms with Crippen LogP contribution in [-0.2, 0) is 0 Å². The second kappa shape index (κ2) is 4.36. The largest absolute Gasteiger partial charge is 0.320 e. The summed E-state index contributed by atoms with van der Waals surface area (Å²) in [5.74, 6) is 3.11. The van der Waals surface area contributed by atoms with Crippen LogP contribution in [0.1, 0.15) is 11.1 Å². The molecule has 0 saturated heterocycles. The summed E-state index contributed by atoms with van der Waals surface area (Å²) < 4.78 is 26.0. The standard InChI is InChI=1S/C10H6F2N2/c11-9-4-7(2-1-3-13)5-10(12)8(9)6-14/h4-5H,3,13H2. The van der Waals surface area contributed by atoms with Crippen molar-refractivity contribution in [2.24, 2.45) is 5.73 Å². The molecule has 0 heterocycles. The van der Waals surface area contributed by atoms with Gasteiger partial charge in [0.15, 0.2) is 0 Å². The summed E-state index contributed by atoms with van der Waals surface area (Å²) in [4.78, 5) is 0. The number of benzene rings is 1. The second-order valence-electron chi connectivity index (χ2n) is 2.43. The Morgan fingerprint density at radius 1 is 1.29 bits per heavy atom. The fourth-order valence-electron chi connectivity index (χ4n) is 0.905. The van der Waals surface area contributed by atoms with Crippen LogP contribution < -0.4 is 5.73 Å². The molecule has 4 heteroatoms. The van der Waals surface area contributed by atoms with Crippen LogP contribution in [0.25, 0.3) is 0 Å². The van der Waals surface area contributed by atoms with E-state index in [1.807, 2.05) is 0 Å². The van der Waals surface area contributed by atoms with E-state index in [2.05, 4.69) is 11.8 Å². The minimum atomic E-state index is -0.908. The molecule has 0 aliphatic carbocycles. The Labute approximate surface area is 80.0 Å². The second-order valence-corrected chi connectivity index (χ2v) is 2.43. The molecular weight excluding hydrogens is 186 g/mol. The van der Waals surface area contributed by atoms with Crippen molar-refractivity contribution in [1.29, 1.82) is 5.26 Å². The molecule has 1 aromatic carbocycles. The maximum Gasteiger partial charge on any atom is 0.145 e. The first-order valence-electron chi connectivity index (χ1n) is 3.77. The van der Waals surface area contributed by atoms with Gasteiger partial charge in [0.05, 0.1) is 6.54 Å². The summed E-state index contributed by atoms with van der Waals surface area (Å²) in [7, 11) is 0. The van der Waals surface area contributed by atoms with E-state index >= 15 is 0 Å². The SMILES string of the molecule is N#Cc1c(F)cc(C#CCN)cc1F. The van der Waals surface area contributed by atoms with E-state index in [1.165, 1.54) is 6.07 Å². The molecule has 0 aromatic heterocycles. The average Bonchev–Trinajstić information content (AvgIpc) is 2.14. The summed E-state index contributed by atoms with van der Waals surface area (Å²) >= 11 is 0. The van der Waals surface area contributed by atoms with Gasteiger partial charge in [-0.3, -0.25) is 0 Å². The molecule has 70 valence electrons. The Morgan fingerprint density at radius 2 is 1.86 bits per heavy atom. The number of rotatable bonds is 0. The summed E-state index contributed by atoms with van der Waals surface area (Å²) in [6.07, 6.45) is 0. The lowest BCUT2D eigenvalue weighted by Gasteiger charge is -1.96. The Hall–Kier alpha value is -1.91. The fourth-order valence-corrected chi connectivity index (χ4v) is 0.905. The predicted octanol–water partition coefficient (Wildman–Crippen LogP) is 1.15. The summed E-state index contributed by atoms with van der Waals surface area (Å²) in [6, 6.07) is 3.43. The zero-order valence-corrected chi connectivity index (χ0v) is 7.14. The highest BCUT2D eigenvalue weighted by atomic mass is 19.1. The van der Waals surface area contributed by atoms with E-state index in [1.54, 1.807) is 0 Å². The lowest BCUT2D eigenvalue weighted by atomic mass is 10.1. The Morgan fingerprint density at radius 3 is 2.29 bits per heavy atom. The van der Waals surface area contributed by atoms with Crippen LogP contribution in [0.2, 0.25) is 0 Å². The normalized spacial score (nSPS) is 8.71. The highest BCUT2D eigenvalue weighted by molar-refractivity contribution is 5.42. The molecule has 0 amide bonds. The van der Waals surface area contributed by atoms with Crippen molar-refractivity contribution in [3.8, 4) is 17.9 Å². The topological polar surface area (TPSA) is 49.8 Å². The highest BCUT2D eigenvalue weighted by Crippen LogP contribution is 2.13. The van der Waals surface area contributed by atoms with Crippen LogP contribution in [0, 0.1) is 34.8 Å². The van der Waals surface area contributed by atoms with E-state index in [9.17, 15) is 8.78 Å². The number of nitrogens with zero attached hydrogens (tertiary/aromatic N) is 1. The molecule has 0 unspecified atom stereocenters. The average molecular weight is 192 g/mol. The minimum Gasteiger partial charge on any atom is -0.320 e. The van der Waals surface area contributed by atoms with Crippen molar-refractivity contribution in [3.05, 3.63) is 34.9 Å². The molecule has 2 nitrogen and oxygen atoms in total. The molecule has 0 saturated carbocycles. The van der Waals surface area contributed by atoms with Gasteiger partial charge in [-0.15, -0.1) is 0 Å². The highest BCUT2D eigenvalue weighted by Gasteiger charge is 2.09. The van der Waals surface area contributed by atoms with Crippen molar-refractivity contribution < 1.29 is 8.78 Å². The van der Waals surface area contributed by atoms with Gasteiger partial charge in [-0.25, -0.2) is 8.78 Å².